The van der Waals surface area contributed by atoms with Gasteiger partial charge in [-0.1, -0.05) is 12.2 Å². The van der Waals surface area contributed by atoms with Crippen LogP contribution in [-0.2, 0) is 6.54 Å². The molecule has 7 heteroatoms. The Kier molecular flexibility index (Phi) is 3.99. The highest BCUT2D eigenvalue weighted by Crippen LogP contribution is 2.08. The topological polar surface area (TPSA) is 78.7 Å². The van der Waals surface area contributed by atoms with Gasteiger partial charge in [0.05, 0.1) is 12.1 Å². The summed E-state index contributed by atoms with van der Waals surface area (Å²) in [6.45, 7) is 6.23. The first-order chi connectivity index (χ1) is 9.41. The summed E-state index contributed by atoms with van der Waals surface area (Å²) in [5.74, 6) is 0.727. The third kappa shape index (κ3) is 2.62. The Labute approximate surface area is 122 Å². The van der Waals surface area contributed by atoms with Crippen molar-refractivity contribution in [3.8, 4) is 0 Å². The minimum Gasteiger partial charge on any atom is -0.389 e. The van der Waals surface area contributed by atoms with Crippen molar-refractivity contribution in [2.45, 2.75) is 33.4 Å². The fourth-order valence-electron chi connectivity index (χ4n) is 2.01. The number of hydrogen-bond donors (Lipinski definition) is 1. The fourth-order valence-corrected chi connectivity index (χ4v) is 2.17. The normalized spacial score (nSPS) is 11.0. The van der Waals surface area contributed by atoms with Crippen molar-refractivity contribution in [3.63, 3.8) is 0 Å². The molecule has 2 aromatic rings. The highest BCUT2D eigenvalue weighted by Gasteiger charge is 2.13. The van der Waals surface area contributed by atoms with Crippen molar-refractivity contribution < 1.29 is 0 Å². The van der Waals surface area contributed by atoms with Crippen molar-refractivity contribution in [1.29, 1.82) is 0 Å². The van der Waals surface area contributed by atoms with Crippen LogP contribution >= 0.6 is 12.2 Å². The fraction of sp³-hybridized carbons (Fsp3) is 0.385. The zero-order valence-corrected chi connectivity index (χ0v) is 12.5. The number of aromatic nitrogens is 4. The van der Waals surface area contributed by atoms with Crippen LogP contribution in [0.1, 0.15) is 37.0 Å². The Balaban J connectivity index is 2.48. The second-order valence-electron chi connectivity index (χ2n) is 4.86. The SMILES string of the molecule is Cc1ccc(C(N)=S)c(=O)n1Cc1ncnn1C(C)C. The van der Waals surface area contributed by atoms with Gasteiger partial charge in [0.25, 0.3) is 5.56 Å². The second-order valence-corrected chi connectivity index (χ2v) is 5.30. The Morgan fingerprint density at radius 2 is 2.15 bits per heavy atom. The summed E-state index contributed by atoms with van der Waals surface area (Å²) in [5, 5.41) is 4.17. The molecule has 0 aromatic carbocycles. The minimum atomic E-state index is -0.198. The average Bonchev–Trinajstić information content (AvgIpc) is 2.82. The Morgan fingerprint density at radius 3 is 2.75 bits per heavy atom. The molecule has 0 amide bonds. The molecule has 2 N–H and O–H groups in total. The zero-order chi connectivity index (χ0) is 14.9. The van der Waals surface area contributed by atoms with E-state index in [-0.39, 0.29) is 16.6 Å². The Morgan fingerprint density at radius 1 is 1.45 bits per heavy atom. The molecule has 0 bridgehead atoms. The van der Waals surface area contributed by atoms with Gasteiger partial charge in [0.15, 0.2) is 0 Å². The third-order valence-corrected chi connectivity index (χ3v) is 3.31. The van der Waals surface area contributed by atoms with Crippen LogP contribution in [0, 0.1) is 6.92 Å². The number of rotatable bonds is 4. The summed E-state index contributed by atoms with van der Waals surface area (Å²) in [6, 6.07) is 3.66. The monoisotopic (exact) mass is 291 g/mol. The van der Waals surface area contributed by atoms with E-state index in [0.29, 0.717) is 12.1 Å². The maximum absolute atomic E-state index is 12.4. The van der Waals surface area contributed by atoms with Gasteiger partial charge in [-0.3, -0.25) is 4.79 Å². The molecule has 0 unspecified atom stereocenters. The van der Waals surface area contributed by atoms with Gasteiger partial charge < -0.3 is 10.3 Å². The molecule has 0 aliphatic rings. The zero-order valence-electron chi connectivity index (χ0n) is 11.7. The molecule has 0 aliphatic heterocycles. The summed E-state index contributed by atoms with van der Waals surface area (Å²) in [7, 11) is 0. The van der Waals surface area contributed by atoms with Crippen molar-refractivity contribution in [3.05, 3.63) is 45.9 Å². The van der Waals surface area contributed by atoms with Gasteiger partial charge in [-0.2, -0.15) is 5.10 Å². The lowest BCUT2D eigenvalue weighted by Gasteiger charge is -2.13. The van der Waals surface area contributed by atoms with Crippen LogP contribution in [0.2, 0.25) is 0 Å². The molecule has 0 atom stereocenters. The average molecular weight is 291 g/mol. The number of nitrogens with zero attached hydrogens (tertiary/aromatic N) is 4. The molecule has 106 valence electrons. The van der Waals surface area contributed by atoms with Crippen LogP contribution in [0.15, 0.2) is 23.3 Å². The smallest absolute Gasteiger partial charge is 0.261 e. The van der Waals surface area contributed by atoms with E-state index in [1.165, 1.54) is 6.33 Å². The molecule has 2 heterocycles. The Hall–Kier alpha value is -2.02. The molecule has 2 aromatic heterocycles. The van der Waals surface area contributed by atoms with Crippen molar-refractivity contribution >= 4 is 17.2 Å². The van der Waals surface area contributed by atoms with Gasteiger partial charge in [-0.05, 0) is 32.9 Å². The van der Waals surface area contributed by atoms with Crippen LogP contribution in [0.25, 0.3) is 0 Å². The van der Waals surface area contributed by atoms with E-state index in [0.717, 1.165) is 11.5 Å². The minimum absolute atomic E-state index is 0.106. The van der Waals surface area contributed by atoms with Gasteiger partial charge in [0.1, 0.15) is 17.1 Å². The lowest BCUT2D eigenvalue weighted by molar-refractivity contribution is 0.492. The molecular weight excluding hydrogens is 274 g/mol. The number of pyridine rings is 1. The molecule has 0 spiro atoms. The van der Waals surface area contributed by atoms with Gasteiger partial charge >= 0.3 is 0 Å². The maximum atomic E-state index is 12.4. The maximum Gasteiger partial charge on any atom is 0.261 e. The summed E-state index contributed by atoms with van der Waals surface area (Å²) in [5.41, 5.74) is 6.55. The van der Waals surface area contributed by atoms with Gasteiger partial charge in [-0.25, -0.2) is 9.67 Å². The second kappa shape index (κ2) is 5.54. The number of thiocarbonyl (C=S) groups is 1. The molecule has 2 rings (SSSR count). The van der Waals surface area contributed by atoms with Gasteiger partial charge in [0.2, 0.25) is 0 Å². The van der Waals surface area contributed by atoms with Crippen molar-refractivity contribution in [2.75, 3.05) is 0 Å². The summed E-state index contributed by atoms with van der Waals surface area (Å²) < 4.78 is 3.40. The number of hydrogen-bond acceptors (Lipinski definition) is 4. The van der Waals surface area contributed by atoms with E-state index in [4.69, 9.17) is 18.0 Å². The van der Waals surface area contributed by atoms with Crippen LogP contribution in [-0.4, -0.2) is 24.3 Å². The van der Waals surface area contributed by atoms with Gasteiger partial charge in [-0.15, -0.1) is 0 Å². The first-order valence-electron chi connectivity index (χ1n) is 6.30. The predicted octanol–water partition coefficient (Wildman–Crippen LogP) is 1.01. The number of aryl methyl sites for hydroxylation is 1. The predicted molar refractivity (Wildman–Crippen MR) is 80.8 cm³/mol. The molecule has 0 aliphatic carbocycles. The highest BCUT2D eigenvalue weighted by molar-refractivity contribution is 7.80. The van der Waals surface area contributed by atoms with Crippen molar-refractivity contribution in [2.24, 2.45) is 5.73 Å². The molecule has 0 fully saturated rings. The molecule has 0 radical (unpaired) electrons. The van der Waals surface area contributed by atoms with E-state index in [1.807, 2.05) is 26.8 Å². The van der Waals surface area contributed by atoms with E-state index in [2.05, 4.69) is 10.1 Å². The lowest BCUT2D eigenvalue weighted by atomic mass is 10.2. The van der Waals surface area contributed by atoms with Crippen molar-refractivity contribution in [1.82, 2.24) is 19.3 Å². The summed E-state index contributed by atoms with van der Waals surface area (Å²) >= 11 is 4.90. The molecule has 0 saturated carbocycles. The van der Waals surface area contributed by atoms with E-state index in [1.54, 1.807) is 15.3 Å². The highest BCUT2D eigenvalue weighted by atomic mass is 32.1. The van der Waals surface area contributed by atoms with E-state index in [9.17, 15) is 4.79 Å². The summed E-state index contributed by atoms with van der Waals surface area (Å²) in [6.07, 6.45) is 1.49. The van der Waals surface area contributed by atoms with E-state index < -0.39 is 0 Å². The summed E-state index contributed by atoms with van der Waals surface area (Å²) in [4.78, 5) is 16.7. The standard InChI is InChI=1S/C13H17N5OS/c1-8(2)18-11(15-7-16-18)6-17-9(3)4-5-10(12(14)20)13(17)19/h4-5,7-8H,6H2,1-3H3,(H2,14,20). The van der Waals surface area contributed by atoms with Crippen LogP contribution < -0.4 is 11.3 Å². The largest absolute Gasteiger partial charge is 0.389 e. The van der Waals surface area contributed by atoms with E-state index >= 15 is 0 Å². The molecule has 0 saturated heterocycles. The molecule has 6 nitrogen and oxygen atoms in total. The van der Waals surface area contributed by atoms with Crippen LogP contribution in [0.5, 0.6) is 0 Å². The number of nitrogens with two attached hydrogens (primary N) is 1. The van der Waals surface area contributed by atoms with Gasteiger partial charge in [0, 0.05) is 11.7 Å². The quantitative estimate of drug-likeness (QED) is 0.851. The lowest BCUT2D eigenvalue weighted by Crippen LogP contribution is -2.31. The molecule has 20 heavy (non-hydrogen) atoms. The van der Waals surface area contributed by atoms with Crippen LogP contribution in [0.4, 0.5) is 0 Å². The Bertz CT molecular complexity index is 701. The third-order valence-electron chi connectivity index (χ3n) is 3.09. The first-order valence-corrected chi connectivity index (χ1v) is 6.71. The first kappa shape index (κ1) is 14.4. The molecular formula is C13H17N5OS. The van der Waals surface area contributed by atoms with Crippen LogP contribution in [0.3, 0.4) is 0 Å².